The third kappa shape index (κ3) is 0.914. The lowest BCUT2D eigenvalue weighted by Crippen LogP contribution is -1.72. The maximum atomic E-state index is 9.34. The molecular formula is C10H8N2OS. The average Bonchev–Trinajstić information content (AvgIpc) is 2.65. The zero-order valence-electron chi connectivity index (χ0n) is 7.24. The van der Waals surface area contributed by atoms with E-state index in [2.05, 4.69) is 4.98 Å². The van der Waals surface area contributed by atoms with Gasteiger partial charge in [-0.1, -0.05) is 12.1 Å². The highest BCUT2D eigenvalue weighted by Crippen LogP contribution is 2.34. The van der Waals surface area contributed by atoms with Gasteiger partial charge >= 0.3 is 0 Å². The summed E-state index contributed by atoms with van der Waals surface area (Å²) in [5.41, 5.74) is 6.69. The van der Waals surface area contributed by atoms with Crippen LogP contribution in [0.2, 0.25) is 0 Å². The van der Waals surface area contributed by atoms with E-state index in [1.165, 1.54) is 11.3 Å². The molecule has 0 amide bonds. The van der Waals surface area contributed by atoms with Crippen LogP contribution in [0.5, 0.6) is 5.88 Å². The summed E-state index contributed by atoms with van der Waals surface area (Å²) >= 11 is 1.53. The number of nitrogens with one attached hydrogen (secondary N) is 1. The number of hydrogen-bond donors (Lipinski definition) is 3. The van der Waals surface area contributed by atoms with E-state index in [0.29, 0.717) is 0 Å². The Hall–Kier alpha value is -1.68. The minimum Gasteiger partial charge on any atom is -0.495 e. The van der Waals surface area contributed by atoms with Gasteiger partial charge in [0.1, 0.15) is 0 Å². The van der Waals surface area contributed by atoms with Crippen molar-refractivity contribution in [1.82, 2.24) is 4.98 Å². The molecule has 0 atom stereocenters. The Labute approximate surface area is 83.8 Å². The van der Waals surface area contributed by atoms with Crippen LogP contribution in [0.3, 0.4) is 0 Å². The van der Waals surface area contributed by atoms with E-state index in [0.717, 1.165) is 26.0 Å². The van der Waals surface area contributed by atoms with E-state index in [1.807, 2.05) is 18.2 Å². The fraction of sp³-hybridized carbons (Fsp3) is 0. The quantitative estimate of drug-likeness (QED) is 0.527. The van der Waals surface area contributed by atoms with Crippen molar-refractivity contribution < 1.29 is 5.11 Å². The molecule has 70 valence electrons. The number of benzene rings is 1. The molecule has 0 aliphatic heterocycles. The van der Waals surface area contributed by atoms with Crippen LogP contribution in [0.25, 0.3) is 21.0 Å². The molecule has 0 aliphatic rings. The molecule has 0 aliphatic carbocycles. The van der Waals surface area contributed by atoms with E-state index < -0.39 is 0 Å². The second-order valence-corrected chi connectivity index (χ2v) is 4.34. The Morgan fingerprint density at radius 3 is 2.86 bits per heavy atom. The monoisotopic (exact) mass is 204 g/mol. The zero-order valence-corrected chi connectivity index (χ0v) is 8.06. The number of thiophene rings is 1. The van der Waals surface area contributed by atoms with Crippen molar-refractivity contribution in [2.75, 3.05) is 5.73 Å². The normalized spacial score (nSPS) is 11.4. The first-order valence-corrected chi connectivity index (χ1v) is 5.05. The minimum absolute atomic E-state index is 0.194. The maximum Gasteiger partial charge on any atom is 0.189 e. The average molecular weight is 204 g/mol. The summed E-state index contributed by atoms with van der Waals surface area (Å²) in [4.78, 5) is 2.93. The van der Waals surface area contributed by atoms with Gasteiger partial charge in [-0.2, -0.15) is 0 Å². The zero-order chi connectivity index (χ0) is 9.71. The molecule has 3 rings (SSSR count). The van der Waals surface area contributed by atoms with Crippen LogP contribution in [0, 0.1) is 0 Å². The molecule has 4 heteroatoms. The van der Waals surface area contributed by atoms with Crippen molar-refractivity contribution in [1.29, 1.82) is 0 Å². The summed E-state index contributed by atoms with van der Waals surface area (Å²) in [5.74, 6) is 0.194. The number of fused-ring (bicyclic) bond motifs is 3. The SMILES string of the molecule is Nc1cc2ccc3cc(O)[nH]c3c2s1. The first-order valence-electron chi connectivity index (χ1n) is 4.24. The van der Waals surface area contributed by atoms with Crippen molar-refractivity contribution in [2.24, 2.45) is 0 Å². The van der Waals surface area contributed by atoms with Crippen molar-refractivity contribution in [2.45, 2.75) is 0 Å². The van der Waals surface area contributed by atoms with Crippen molar-refractivity contribution >= 4 is 37.3 Å². The number of H-pyrrole nitrogens is 1. The third-order valence-electron chi connectivity index (χ3n) is 2.28. The second kappa shape index (κ2) is 2.42. The van der Waals surface area contributed by atoms with E-state index in [4.69, 9.17) is 5.73 Å². The van der Waals surface area contributed by atoms with Gasteiger partial charge < -0.3 is 15.8 Å². The Morgan fingerprint density at radius 1 is 1.21 bits per heavy atom. The highest BCUT2D eigenvalue weighted by Gasteiger charge is 2.06. The number of rotatable bonds is 0. The van der Waals surface area contributed by atoms with Crippen LogP contribution < -0.4 is 5.73 Å². The lowest BCUT2D eigenvalue weighted by molar-refractivity contribution is 0.458. The molecule has 0 saturated carbocycles. The number of hydrogen-bond acceptors (Lipinski definition) is 3. The minimum atomic E-state index is 0.194. The molecule has 4 N–H and O–H groups in total. The second-order valence-electron chi connectivity index (χ2n) is 3.25. The van der Waals surface area contributed by atoms with Crippen molar-refractivity contribution in [3.8, 4) is 5.88 Å². The Balaban J connectivity index is 2.58. The molecule has 14 heavy (non-hydrogen) atoms. The van der Waals surface area contributed by atoms with Gasteiger partial charge in [0.25, 0.3) is 0 Å². The van der Waals surface area contributed by atoms with Gasteiger partial charge in [-0.15, -0.1) is 11.3 Å². The lowest BCUT2D eigenvalue weighted by Gasteiger charge is -1.90. The molecule has 0 fully saturated rings. The topological polar surface area (TPSA) is 62.0 Å². The Kier molecular flexibility index (Phi) is 1.33. The van der Waals surface area contributed by atoms with Crippen LogP contribution >= 0.6 is 11.3 Å². The number of nitrogens with two attached hydrogens (primary N) is 1. The summed E-state index contributed by atoms with van der Waals surface area (Å²) in [6, 6.07) is 7.64. The van der Waals surface area contributed by atoms with Gasteiger partial charge in [-0.05, 0) is 11.5 Å². The van der Waals surface area contributed by atoms with Crippen molar-refractivity contribution in [3.63, 3.8) is 0 Å². The summed E-state index contributed by atoms with van der Waals surface area (Å²) in [5, 5.41) is 12.3. The van der Waals surface area contributed by atoms with Crippen LogP contribution in [-0.2, 0) is 0 Å². The summed E-state index contributed by atoms with van der Waals surface area (Å²) < 4.78 is 1.10. The predicted octanol–water partition coefficient (Wildman–Crippen LogP) is 2.67. The standard InChI is InChI=1S/C10H8N2OS/c11-7-3-6-2-1-5-4-8(13)12-9(5)10(6)14-7/h1-4,12-13H,11H2. The van der Waals surface area contributed by atoms with Gasteiger partial charge in [0.05, 0.1) is 15.2 Å². The number of aromatic hydroxyl groups is 1. The maximum absolute atomic E-state index is 9.34. The highest BCUT2D eigenvalue weighted by atomic mass is 32.1. The predicted molar refractivity (Wildman–Crippen MR) is 59.8 cm³/mol. The van der Waals surface area contributed by atoms with E-state index >= 15 is 0 Å². The first-order chi connectivity index (χ1) is 6.74. The first kappa shape index (κ1) is 7.70. The Bertz CT molecular complexity index is 568. The van der Waals surface area contributed by atoms with Gasteiger partial charge in [-0.3, -0.25) is 0 Å². The molecule has 0 saturated heterocycles. The Morgan fingerprint density at radius 2 is 2.00 bits per heavy atom. The molecule has 0 spiro atoms. The van der Waals surface area contributed by atoms with Crippen LogP contribution in [0.15, 0.2) is 24.3 Å². The number of anilines is 1. The van der Waals surface area contributed by atoms with Crippen molar-refractivity contribution in [3.05, 3.63) is 24.3 Å². The lowest BCUT2D eigenvalue weighted by atomic mass is 10.2. The summed E-state index contributed by atoms with van der Waals surface area (Å²) in [6.45, 7) is 0. The van der Waals surface area contributed by atoms with E-state index in [1.54, 1.807) is 6.07 Å². The molecule has 0 radical (unpaired) electrons. The summed E-state index contributed by atoms with van der Waals surface area (Å²) in [7, 11) is 0. The number of aromatic nitrogens is 1. The number of aromatic amines is 1. The van der Waals surface area contributed by atoms with E-state index in [-0.39, 0.29) is 5.88 Å². The van der Waals surface area contributed by atoms with Crippen LogP contribution in [0.4, 0.5) is 5.00 Å². The molecule has 2 aromatic heterocycles. The smallest absolute Gasteiger partial charge is 0.189 e. The number of nitrogen functional groups attached to an aromatic ring is 1. The fourth-order valence-corrected chi connectivity index (χ4v) is 2.64. The van der Waals surface area contributed by atoms with E-state index in [9.17, 15) is 5.11 Å². The summed E-state index contributed by atoms with van der Waals surface area (Å²) in [6.07, 6.45) is 0. The van der Waals surface area contributed by atoms with Gasteiger partial charge in [0.15, 0.2) is 5.88 Å². The molecular weight excluding hydrogens is 196 g/mol. The molecule has 3 aromatic rings. The molecule has 1 aromatic carbocycles. The van der Waals surface area contributed by atoms with Gasteiger partial charge in [0.2, 0.25) is 0 Å². The molecule has 0 bridgehead atoms. The molecule has 0 unspecified atom stereocenters. The highest BCUT2D eigenvalue weighted by molar-refractivity contribution is 7.23. The van der Waals surface area contributed by atoms with Gasteiger partial charge in [0, 0.05) is 11.5 Å². The van der Waals surface area contributed by atoms with Gasteiger partial charge in [-0.25, -0.2) is 0 Å². The van der Waals surface area contributed by atoms with Crippen LogP contribution in [-0.4, -0.2) is 10.1 Å². The van der Waals surface area contributed by atoms with Crippen LogP contribution in [0.1, 0.15) is 0 Å². The molecule has 3 nitrogen and oxygen atoms in total. The molecule has 2 heterocycles. The third-order valence-corrected chi connectivity index (χ3v) is 3.28. The largest absolute Gasteiger partial charge is 0.495 e. The fourth-order valence-electron chi connectivity index (χ4n) is 1.70.